The molecule has 0 fully saturated rings. The Morgan fingerprint density at radius 3 is 2.49 bits per heavy atom. The van der Waals surface area contributed by atoms with E-state index in [2.05, 4.69) is 39.6 Å². The molecule has 35 heavy (non-hydrogen) atoms. The summed E-state index contributed by atoms with van der Waals surface area (Å²) >= 11 is 6.19. The fourth-order valence-electron chi connectivity index (χ4n) is 3.31. The maximum Gasteiger partial charge on any atom is 0.258 e. The average molecular weight is 504 g/mol. The van der Waals surface area contributed by atoms with Gasteiger partial charge in [0.1, 0.15) is 36.0 Å². The van der Waals surface area contributed by atoms with E-state index < -0.39 is 18.6 Å². The van der Waals surface area contributed by atoms with Gasteiger partial charge in [-0.15, -0.1) is 0 Å². The Kier molecular flexibility index (Phi) is 9.02. The number of amides is 1. The van der Waals surface area contributed by atoms with Gasteiger partial charge in [0, 0.05) is 24.2 Å². The topological polar surface area (TPSA) is 143 Å². The first-order valence-corrected chi connectivity index (χ1v) is 11.6. The highest BCUT2D eigenvalue weighted by molar-refractivity contribution is 6.29. The maximum atomic E-state index is 11.1. The van der Waals surface area contributed by atoms with Crippen molar-refractivity contribution in [2.24, 2.45) is 5.92 Å². The molecule has 0 unspecified atom stereocenters. The number of pyridine rings is 1. The molecular weight excluding hydrogens is 474 g/mol. The summed E-state index contributed by atoms with van der Waals surface area (Å²) in [5.41, 5.74) is 3.05. The van der Waals surface area contributed by atoms with Crippen molar-refractivity contribution in [3.05, 3.63) is 40.5 Å². The number of aryl methyl sites for hydroxylation is 2. The molecule has 2 heterocycles. The molecule has 0 bridgehead atoms. The van der Waals surface area contributed by atoms with E-state index in [0.29, 0.717) is 39.9 Å². The SMILES string of the molecule is Cc1cc(-c2noc(-c3cc(Cl)nc(NCC(C)C)c3)n2)cc(C)c1OC[C@@H](O)CNC(=O)CO. The van der Waals surface area contributed by atoms with Crippen LogP contribution in [0.15, 0.2) is 28.8 Å². The minimum Gasteiger partial charge on any atom is -0.490 e. The molecule has 0 aliphatic carbocycles. The molecule has 1 amide bonds. The molecule has 0 radical (unpaired) electrons. The smallest absolute Gasteiger partial charge is 0.258 e. The second kappa shape index (κ2) is 12.0. The number of aliphatic hydroxyl groups is 2. The van der Waals surface area contributed by atoms with Crippen molar-refractivity contribution in [3.8, 4) is 28.6 Å². The number of benzene rings is 1. The minimum absolute atomic E-state index is 0.0188. The molecule has 3 aromatic rings. The summed E-state index contributed by atoms with van der Waals surface area (Å²) in [6.07, 6.45) is -0.921. The van der Waals surface area contributed by atoms with E-state index >= 15 is 0 Å². The van der Waals surface area contributed by atoms with Crippen LogP contribution in [0.25, 0.3) is 22.8 Å². The van der Waals surface area contributed by atoms with E-state index in [1.54, 1.807) is 6.07 Å². The largest absolute Gasteiger partial charge is 0.490 e. The molecule has 4 N–H and O–H groups in total. The molecule has 0 spiro atoms. The maximum absolute atomic E-state index is 11.1. The lowest BCUT2D eigenvalue weighted by molar-refractivity contribution is -0.124. The molecule has 1 aromatic carbocycles. The van der Waals surface area contributed by atoms with Crippen LogP contribution < -0.4 is 15.4 Å². The Hall–Kier alpha value is -3.21. The molecule has 2 aromatic heterocycles. The molecule has 0 saturated heterocycles. The number of aliphatic hydroxyl groups excluding tert-OH is 2. The van der Waals surface area contributed by atoms with Crippen molar-refractivity contribution in [3.63, 3.8) is 0 Å². The molecule has 11 heteroatoms. The van der Waals surface area contributed by atoms with Crippen molar-refractivity contribution in [1.82, 2.24) is 20.4 Å². The van der Waals surface area contributed by atoms with Crippen LogP contribution in [-0.2, 0) is 4.79 Å². The zero-order valence-corrected chi connectivity index (χ0v) is 20.9. The van der Waals surface area contributed by atoms with Crippen molar-refractivity contribution >= 4 is 23.3 Å². The van der Waals surface area contributed by atoms with E-state index in [0.717, 1.165) is 23.2 Å². The standard InChI is InChI=1S/C24H30ClN5O5/c1-13(2)9-26-20-8-17(7-19(25)28-20)24-29-23(30-35-24)16-5-14(3)22(15(4)6-16)34-12-18(32)10-27-21(33)11-31/h5-8,13,18,31-32H,9-12H2,1-4H3,(H,26,28)(H,27,33)/t18-/m0/s1. The highest BCUT2D eigenvalue weighted by Crippen LogP contribution is 2.31. The third kappa shape index (κ3) is 7.38. The van der Waals surface area contributed by atoms with Crippen LogP contribution in [0.3, 0.4) is 0 Å². The number of nitrogens with one attached hydrogen (secondary N) is 2. The second-order valence-electron chi connectivity index (χ2n) is 8.63. The predicted molar refractivity (Wildman–Crippen MR) is 132 cm³/mol. The number of hydrogen-bond acceptors (Lipinski definition) is 9. The number of nitrogens with zero attached hydrogens (tertiary/aromatic N) is 3. The number of hydrogen-bond donors (Lipinski definition) is 4. The van der Waals surface area contributed by atoms with Gasteiger partial charge in [0.2, 0.25) is 11.7 Å². The third-order valence-corrected chi connectivity index (χ3v) is 5.17. The van der Waals surface area contributed by atoms with E-state index in [9.17, 15) is 9.90 Å². The number of ether oxygens (including phenoxy) is 1. The van der Waals surface area contributed by atoms with E-state index in [1.165, 1.54) is 0 Å². The quantitative estimate of drug-likeness (QED) is 0.290. The number of carbonyl (C=O) groups is 1. The van der Waals surface area contributed by atoms with E-state index in [1.807, 2.05) is 32.0 Å². The lowest BCUT2D eigenvalue weighted by atomic mass is 10.1. The number of aromatic nitrogens is 3. The highest BCUT2D eigenvalue weighted by Gasteiger charge is 2.16. The number of anilines is 1. The van der Waals surface area contributed by atoms with Gasteiger partial charge in [-0.05, 0) is 55.2 Å². The first kappa shape index (κ1) is 26.4. The summed E-state index contributed by atoms with van der Waals surface area (Å²) in [5.74, 6) is 1.87. The summed E-state index contributed by atoms with van der Waals surface area (Å²) in [4.78, 5) is 19.9. The lowest BCUT2D eigenvalue weighted by Gasteiger charge is -2.16. The summed E-state index contributed by atoms with van der Waals surface area (Å²) < 4.78 is 11.3. The predicted octanol–water partition coefficient (Wildman–Crippen LogP) is 2.98. The Balaban J connectivity index is 1.73. The lowest BCUT2D eigenvalue weighted by Crippen LogP contribution is -2.36. The van der Waals surface area contributed by atoms with Crippen molar-refractivity contribution in [2.45, 2.75) is 33.8 Å². The van der Waals surface area contributed by atoms with Crippen LogP contribution in [0.4, 0.5) is 5.82 Å². The van der Waals surface area contributed by atoms with Gasteiger partial charge in [0.05, 0.1) is 0 Å². The van der Waals surface area contributed by atoms with Crippen LogP contribution in [0.1, 0.15) is 25.0 Å². The van der Waals surface area contributed by atoms with E-state index in [-0.39, 0.29) is 13.2 Å². The molecule has 188 valence electrons. The van der Waals surface area contributed by atoms with Gasteiger partial charge in [-0.3, -0.25) is 4.79 Å². The van der Waals surface area contributed by atoms with Gasteiger partial charge in [-0.2, -0.15) is 4.98 Å². The fourth-order valence-corrected chi connectivity index (χ4v) is 3.52. The number of carbonyl (C=O) groups excluding carboxylic acids is 1. The molecule has 10 nitrogen and oxygen atoms in total. The number of halogens is 1. The average Bonchev–Trinajstić information content (AvgIpc) is 3.30. The normalized spacial score (nSPS) is 12.0. The van der Waals surface area contributed by atoms with Gasteiger partial charge in [0.15, 0.2) is 0 Å². The van der Waals surface area contributed by atoms with Gasteiger partial charge >= 0.3 is 0 Å². The zero-order valence-electron chi connectivity index (χ0n) is 20.1. The van der Waals surface area contributed by atoms with Crippen molar-refractivity contribution < 1.29 is 24.3 Å². The van der Waals surface area contributed by atoms with Crippen LogP contribution in [0.2, 0.25) is 5.15 Å². The molecule has 0 aliphatic rings. The van der Waals surface area contributed by atoms with Crippen LogP contribution >= 0.6 is 11.6 Å². The number of rotatable bonds is 11. The summed E-state index contributed by atoms with van der Waals surface area (Å²) in [5, 5.41) is 28.8. The monoisotopic (exact) mass is 503 g/mol. The van der Waals surface area contributed by atoms with Crippen LogP contribution in [0.5, 0.6) is 5.75 Å². The molecular formula is C24H30ClN5O5. The Labute approximate surface area is 208 Å². The Bertz CT molecular complexity index is 1140. The van der Waals surface area contributed by atoms with Gasteiger partial charge in [0.25, 0.3) is 5.89 Å². The molecule has 3 rings (SSSR count). The summed E-state index contributed by atoms with van der Waals surface area (Å²) in [7, 11) is 0. The summed E-state index contributed by atoms with van der Waals surface area (Å²) in [6.45, 7) is 8.04. The third-order valence-electron chi connectivity index (χ3n) is 4.98. The Morgan fingerprint density at radius 2 is 1.83 bits per heavy atom. The molecule has 0 saturated carbocycles. The second-order valence-corrected chi connectivity index (χ2v) is 9.02. The molecule has 0 aliphatic heterocycles. The van der Waals surface area contributed by atoms with Crippen LogP contribution in [0, 0.1) is 19.8 Å². The minimum atomic E-state index is -0.921. The van der Waals surface area contributed by atoms with Crippen molar-refractivity contribution in [2.75, 3.05) is 31.6 Å². The Morgan fingerprint density at radius 1 is 1.11 bits per heavy atom. The van der Waals surface area contributed by atoms with Gasteiger partial charge in [-0.25, -0.2) is 4.98 Å². The first-order valence-electron chi connectivity index (χ1n) is 11.2. The zero-order chi connectivity index (χ0) is 25.5. The highest BCUT2D eigenvalue weighted by atomic mass is 35.5. The van der Waals surface area contributed by atoms with Crippen molar-refractivity contribution in [1.29, 1.82) is 0 Å². The molecule has 1 atom stereocenters. The van der Waals surface area contributed by atoms with Gasteiger partial charge < -0.3 is 30.1 Å². The van der Waals surface area contributed by atoms with Crippen LogP contribution in [-0.4, -0.2) is 63.7 Å². The van der Waals surface area contributed by atoms with Gasteiger partial charge in [-0.1, -0.05) is 30.6 Å². The summed E-state index contributed by atoms with van der Waals surface area (Å²) in [6, 6.07) is 7.21. The first-order chi connectivity index (χ1) is 16.7. The fraction of sp³-hybridized carbons (Fsp3) is 0.417. The van der Waals surface area contributed by atoms with E-state index in [4.69, 9.17) is 26.0 Å².